The van der Waals surface area contributed by atoms with Gasteiger partial charge >= 0.3 is 0 Å². The lowest BCUT2D eigenvalue weighted by Crippen LogP contribution is -2.27. The molecule has 1 aromatic rings. The molecular formula is C13H19O3P. The van der Waals surface area contributed by atoms with Crippen molar-refractivity contribution in [3.63, 3.8) is 0 Å². The summed E-state index contributed by atoms with van der Waals surface area (Å²) in [6.45, 7) is 8.67. The highest BCUT2D eigenvalue weighted by molar-refractivity contribution is 7.24. The summed E-state index contributed by atoms with van der Waals surface area (Å²) in [6, 6.07) is 5.85. The van der Waals surface area contributed by atoms with E-state index >= 15 is 0 Å². The third-order valence-corrected chi connectivity index (χ3v) is 3.43. The van der Waals surface area contributed by atoms with Crippen LogP contribution in [0.25, 0.3) is 0 Å². The smallest absolute Gasteiger partial charge is 0.278 e. The fourth-order valence-electron chi connectivity index (χ4n) is 1.64. The maximum Gasteiger partial charge on any atom is 0.278 e. The maximum absolute atomic E-state index is 11.5. The van der Waals surface area contributed by atoms with Crippen LogP contribution >= 0.6 is 8.46 Å². The van der Waals surface area contributed by atoms with Crippen molar-refractivity contribution in [2.45, 2.75) is 33.2 Å². The number of ether oxygens (including phenoxy) is 2. The third-order valence-electron chi connectivity index (χ3n) is 2.67. The molecular weight excluding hydrogens is 235 g/mol. The molecule has 0 bridgehead atoms. The minimum Gasteiger partial charge on any atom is -0.337 e. The highest BCUT2D eigenvalue weighted by Crippen LogP contribution is 2.38. The van der Waals surface area contributed by atoms with Gasteiger partial charge in [0.2, 0.25) is 8.46 Å². The summed E-state index contributed by atoms with van der Waals surface area (Å²) in [5.74, 6) is 0. The molecule has 94 valence electrons. The Morgan fingerprint density at radius 3 is 2.12 bits per heavy atom. The fraction of sp³-hybridized carbons (Fsp3) is 0.538. The Morgan fingerprint density at radius 1 is 1.12 bits per heavy atom. The normalized spacial score (nSPS) is 12.0. The molecule has 0 N–H and O–H groups in total. The van der Waals surface area contributed by atoms with Gasteiger partial charge in [-0.2, -0.15) is 0 Å². The highest BCUT2D eigenvalue weighted by Gasteiger charge is 2.35. The topological polar surface area (TPSA) is 35.5 Å². The highest BCUT2D eigenvalue weighted by atomic mass is 31.1. The van der Waals surface area contributed by atoms with Crippen molar-refractivity contribution in [2.24, 2.45) is 0 Å². The second kappa shape index (κ2) is 6.25. The predicted octanol–water partition coefficient (Wildman–Crippen LogP) is 3.78. The van der Waals surface area contributed by atoms with Crippen LogP contribution < -0.4 is 0 Å². The molecule has 0 fully saturated rings. The van der Waals surface area contributed by atoms with Gasteiger partial charge in [-0.1, -0.05) is 12.1 Å². The Balaban J connectivity index is 3.19. The molecule has 0 aliphatic heterocycles. The van der Waals surface area contributed by atoms with E-state index in [0.717, 1.165) is 11.1 Å². The lowest BCUT2D eigenvalue weighted by molar-refractivity contribution is -0.176. The average Bonchev–Trinajstić information content (AvgIpc) is 2.32. The summed E-state index contributed by atoms with van der Waals surface area (Å²) in [7, 11) is -0.176. The number of hydrogen-bond acceptors (Lipinski definition) is 3. The van der Waals surface area contributed by atoms with Crippen LogP contribution in [-0.2, 0) is 19.6 Å². The first-order chi connectivity index (χ1) is 8.09. The van der Waals surface area contributed by atoms with Gasteiger partial charge in [0, 0.05) is 18.8 Å². The van der Waals surface area contributed by atoms with Crippen LogP contribution in [0.5, 0.6) is 0 Å². The molecule has 0 aliphatic carbocycles. The Labute approximate surface area is 104 Å². The zero-order chi connectivity index (χ0) is 12.9. The number of rotatable bonds is 6. The second-order valence-corrected chi connectivity index (χ2v) is 4.61. The van der Waals surface area contributed by atoms with Gasteiger partial charge in [0.05, 0.1) is 0 Å². The molecule has 0 amide bonds. The quantitative estimate of drug-likeness (QED) is 0.572. The van der Waals surface area contributed by atoms with E-state index in [9.17, 15) is 4.57 Å². The number of aryl methyl sites for hydroxylation is 2. The van der Waals surface area contributed by atoms with Crippen molar-refractivity contribution in [3.8, 4) is 0 Å². The summed E-state index contributed by atoms with van der Waals surface area (Å²) in [5.41, 5.74) is 1.95. The molecule has 3 nitrogen and oxygen atoms in total. The SMILES string of the molecule is CCOC(OCC)(P=O)c1ccc(C)c(C)c1. The van der Waals surface area contributed by atoms with E-state index in [1.165, 1.54) is 5.56 Å². The Bertz CT molecular complexity index is 384. The van der Waals surface area contributed by atoms with Gasteiger partial charge in [0.25, 0.3) is 5.53 Å². The largest absolute Gasteiger partial charge is 0.337 e. The molecule has 0 aromatic heterocycles. The summed E-state index contributed by atoms with van der Waals surface area (Å²) in [4.78, 5) is 0. The van der Waals surface area contributed by atoms with Crippen molar-refractivity contribution in [3.05, 3.63) is 34.9 Å². The van der Waals surface area contributed by atoms with Crippen LogP contribution in [0, 0.1) is 13.8 Å². The summed E-state index contributed by atoms with van der Waals surface area (Å²) in [6.07, 6.45) is 0. The van der Waals surface area contributed by atoms with Crippen LogP contribution in [0.4, 0.5) is 0 Å². The lowest BCUT2D eigenvalue weighted by atomic mass is 10.1. The first-order valence-corrected chi connectivity index (χ1v) is 6.61. The van der Waals surface area contributed by atoms with E-state index in [0.29, 0.717) is 13.2 Å². The summed E-state index contributed by atoms with van der Waals surface area (Å²) in [5, 5.41) is 0. The lowest BCUT2D eigenvalue weighted by Gasteiger charge is -2.27. The van der Waals surface area contributed by atoms with E-state index in [1.807, 2.05) is 45.9 Å². The summed E-state index contributed by atoms with van der Waals surface area (Å²) < 4.78 is 22.6. The van der Waals surface area contributed by atoms with Crippen LogP contribution in [-0.4, -0.2) is 13.2 Å². The fourth-order valence-corrected chi connectivity index (χ4v) is 2.25. The van der Waals surface area contributed by atoms with Crippen LogP contribution in [0.3, 0.4) is 0 Å². The predicted molar refractivity (Wildman–Crippen MR) is 68.5 cm³/mol. The first kappa shape index (κ1) is 14.3. The molecule has 4 heteroatoms. The van der Waals surface area contributed by atoms with Crippen LogP contribution in [0.15, 0.2) is 18.2 Å². The molecule has 1 aromatic carbocycles. The Morgan fingerprint density at radius 2 is 1.71 bits per heavy atom. The van der Waals surface area contributed by atoms with Crippen molar-refractivity contribution in [1.82, 2.24) is 0 Å². The zero-order valence-corrected chi connectivity index (χ0v) is 11.7. The van der Waals surface area contributed by atoms with Gasteiger partial charge in [0.1, 0.15) is 0 Å². The van der Waals surface area contributed by atoms with E-state index in [1.54, 1.807) is 0 Å². The van der Waals surface area contributed by atoms with Crippen molar-refractivity contribution >= 4 is 8.46 Å². The molecule has 0 radical (unpaired) electrons. The van der Waals surface area contributed by atoms with Gasteiger partial charge in [0.15, 0.2) is 0 Å². The summed E-state index contributed by atoms with van der Waals surface area (Å²) >= 11 is 0. The van der Waals surface area contributed by atoms with Crippen LogP contribution in [0.2, 0.25) is 0 Å². The number of hydrogen-bond donors (Lipinski definition) is 0. The van der Waals surface area contributed by atoms with Gasteiger partial charge in [-0.3, -0.25) is 4.57 Å². The van der Waals surface area contributed by atoms with E-state index in [-0.39, 0.29) is 8.46 Å². The van der Waals surface area contributed by atoms with Crippen molar-refractivity contribution in [1.29, 1.82) is 0 Å². The van der Waals surface area contributed by atoms with Crippen molar-refractivity contribution in [2.75, 3.05) is 13.2 Å². The third kappa shape index (κ3) is 3.12. The van der Waals surface area contributed by atoms with Gasteiger partial charge < -0.3 is 9.47 Å². The molecule has 0 saturated heterocycles. The minimum atomic E-state index is -1.16. The molecule has 17 heavy (non-hydrogen) atoms. The molecule has 1 rings (SSSR count). The Hall–Kier alpha value is -0.760. The molecule has 0 heterocycles. The van der Waals surface area contributed by atoms with Crippen LogP contribution in [0.1, 0.15) is 30.5 Å². The molecule has 0 spiro atoms. The molecule has 0 unspecified atom stereocenters. The van der Waals surface area contributed by atoms with E-state index < -0.39 is 5.53 Å². The monoisotopic (exact) mass is 254 g/mol. The van der Waals surface area contributed by atoms with Gasteiger partial charge in [-0.05, 0) is 44.9 Å². The van der Waals surface area contributed by atoms with Gasteiger partial charge in [-0.25, -0.2) is 0 Å². The standard InChI is InChI=1S/C13H19O3P/c1-5-15-13(17-14,16-6-2)12-8-7-10(3)11(4)9-12/h7-9H,5-6H2,1-4H3. The van der Waals surface area contributed by atoms with Crippen molar-refractivity contribution < 1.29 is 14.0 Å². The maximum atomic E-state index is 11.5. The molecule has 0 atom stereocenters. The molecule has 0 aliphatic rings. The van der Waals surface area contributed by atoms with Gasteiger partial charge in [-0.15, -0.1) is 0 Å². The average molecular weight is 254 g/mol. The zero-order valence-electron chi connectivity index (χ0n) is 10.8. The van der Waals surface area contributed by atoms with E-state index in [4.69, 9.17) is 9.47 Å². The first-order valence-electron chi connectivity index (χ1n) is 5.79. The van der Waals surface area contributed by atoms with E-state index in [2.05, 4.69) is 0 Å². The minimum absolute atomic E-state index is 0.176. The number of benzene rings is 1. The second-order valence-electron chi connectivity index (χ2n) is 3.84. The molecule has 0 saturated carbocycles. The Kier molecular flexibility index (Phi) is 5.26.